The fourth-order valence-electron chi connectivity index (χ4n) is 5.86. The number of benzene rings is 1. The molecule has 0 saturated carbocycles. The van der Waals surface area contributed by atoms with Crippen molar-refractivity contribution in [2.24, 2.45) is 0 Å². The van der Waals surface area contributed by atoms with E-state index >= 15 is 0 Å². The van der Waals surface area contributed by atoms with E-state index in [4.69, 9.17) is 9.72 Å². The average molecular weight is 577 g/mol. The van der Waals surface area contributed by atoms with Gasteiger partial charge in [0, 0.05) is 65.0 Å². The van der Waals surface area contributed by atoms with Crippen LogP contribution < -0.4 is 19.9 Å². The molecule has 41 heavy (non-hydrogen) atoms. The first-order valence-corrected chi connectivity index (χ1v) is 14.8. The van der Waals surface area contributed by atoms with E-state index in [0.29, 0.717) is 45.4 Å². The van der Waals surface area contributed by atoms with Gasteiger partial charge in [-0.3, -0.25) is 14.5 Å². The smallest absolute Gasteiger partial charge is 0.270 e. The van der Waals surface area contributed by atoms with E-state index in [2.05, 4.69) is 27.1 Å². The fraction of sp³-hybridized carbons (Fsp3) is 0.448. The lowest BCUT2D eigenvalue weighted by molar-refractivity contribution is 0.0518. The van der Waals surface area contributed by atoms with E-state index in [1.807, 2.05) is 40.4 Å². The molecule has 0 spiro atoms. The summed E-state index contributed by atoms with van der Waals surface area (Å²) < 4.78 is 5.66. The highest BCUT2D eigenvalue weighted by atomic mass is 32.1. The summed E-state index contributed by atoms with van der Waals surface area (Å²) in [6.07, 6.45) is 3.65. The number of nitrogens with one attached hydrogen (secondary N) is 1. The minimum absolute atomic E-state index is 0.0221. The van der Waals surface area contributed by atoms with Crippen LogP contribution in [0.1, 0.15) is 32.9 Å². The van der Waals surface area contributed by atoms with E-state index in [1.165, 1.54) is 11.3 Å². The molecule has 3 aliphatic heterocycles. The number of hydrogen-bond acceptors (Lipinski definition) is 10. The first-order chi connectivity index (χ1) is 19.8. The lowest BCUT2D eigenvalue weighted by Crippen LogP contribution is -2.52. The number of carbonyl (C=O) groups is 2. The topological polar surface area (TPSA) is 97.4 Å². The van der Waals surface area contributed by atoms with Gasteiger partial charge in [-0.2, -0.15) is 4.98 Å². The Bertz CT molecular complexity index is 1450. The monoisotopic (exact) mass is 576 g/mol. The summed E-state index contributed by atoms with van der Waals surface area (Å²) in [5.74, 6) is 1.44. The molecule has 1 aromatic carbocycles. The molecule has 0 aliphatic carbocycles. The van der Waals surface area contributed by atoms with Crippen LogP contribution in [0.5, 0.6) is 5.75 Å². The number of aromatic nitrogens is 2. The average Bonchev–Trinajstić information content (AvgIpc) is 3.48. The number of likely N-dealkylation sites (tertiary alicyclic amines) is 1. The van der Waals surface area contributed by atoms with Crippen molar-refractivity contribution in [3.8, 4) is 5.75 Å². The second-order valence-corrected chi connectivity index (χ2v) is 11.8. The van der Waals surface area contributed by atoms with Gasteiger partial charge in [0.1, 0.15) is 16.3 Å². The number of fused-ring (bicyclic) bond motifs is 2. The third-order valence-corrected chi connectivity index (χ3v) is 9.33. The summed E-state index contributed by atoms with van der Waals surface area (Å²) in [5, 5.41) is 5.15. The Morgan fingerprint density at radius 2 is 1.76 bits per heavy atom. The molecule has 2 saturated heterocycles. The van der Waals surface area contributed by atoms with E-state index in [-0.39, 0.29) is 11.8 Å². The molecule has 2 fully saturated rings. The first-order valence-electron chi connectivity index (χ1n) is 14.0. The maximum atomic E-state index is 13.4. The van der Waals surface area contributed by atoms with Crippen LogP contribution >= 0.6 is 11.3 Å². The number of methoxy groups -OCH3 is 1. The van der Waals surface area contributed by atoms with Crippen LogP contribution in [0, 0.1) is 0 Å². The predicted octanol–water partition coefficient (Wildman–Crippen LogP) is 3.50. The number of nitrogens with zero attached hydrogens (tertiary/aromatic N) is 7. The zero-order chi connectivity index (χ0) is 28.7. The number of piperidine rings is 1. The number of likely N-dealkylation sites (N-methyl/N-ethyl adjacent to an activating group) is 1. The van der Waals surface area contributed by atoms with Crippen molar-refractivity contribution in [3.05, 3.63) is 46.3 Å². The summed E-state index contributed by atoms with van der Waals surface area (Å²) in [7, 11) is 7.38. The Morgan fingerprint density at radius 3 is 2.49 bits per heavy atom. The molecular formula is C29H36N8O3S. The van der Waals surface area contributed by atoms with Crippen LogP contribution in [0.2, 0.25) is 0 Å². The molecule has 1 N–H and O–H groups in total. The normalized spacial score (nSPS) is 18.6. The van der Waals surface area contributed by atoms with Gasteiger partial charge < -0.3 is 29.7 Å². The molecule has 0 atom stereocenters. The largest absolute Gasteiger partial charge is 0.495 e. The molecule has 0 unspecified atom stereocenters. The van der Waals surface area contributed by atoms with Crippen LogP contribution in [0.3, 0.4) is 0 Å². The van der Waals surface area contributed by atoms with E-state index in [1.54, 1.807) is 31.3 Å². The third-order valence-electron chi connectivity index (χ3n) is 8.43. The quantitative estimate of drug-likeness (QED) is 0.490. The Balaban J connectivity index is 1.16. The van der Waals surface area contributed by atoms with Crippen molar-refractivity contribution < 1.29 is 14.3 Å². The number of hydrogen-bond donors (Lipinski definition) is 1. The second-order valence-electron chi connectivity index (χ2n) is 10.9. The molecule has 5 heterocycles. The first kappa shape index (κ1) is 27.4. The van der Waals surface area contributed by atoms with Gasteiger partial charge in [-0.25, -0.2) is 4.98 Å². The summed E-state index contributed by atoms with van der Waals surface area (Å²) in [6, 6.07) is 7.90. The highest BCUT2D eigenvalue weighted by molar-refractivity contribution is 7.12. The van der Waals surface area contributed by atoms with Crippen molar-refractivity contribution in [1.82, 2.24) is 24.7 Å². The molecule has 12 heteroatoms. The second kappa shape index (κ2) is 11.3. The van der Waals surface area contributed by atoms with Crippen LogP contribution in [0.4, 0.5) is 28.8 Å². The van der Waals surface area contributed by atoms with Gasteiger partial charge in [0.05, 0.1) is 24.7 Å². The Hall–Kier alpha value is -3.74. The van der Waals surface area contributed by atoms with E-state index < -0.39 is 0 Å². The number of rotatable bonds is 5. The number of carbonyl (C=O) groups excluding carboxylic acids is 2. The summed E-state index contributed by atoms with van der Waals surface area (Å²) in [6.45, 7) is 5.95. The minimum Gasteiger partial charge on any atom is -0.495 e. The van der Waals surface area contributed by atoms with Crippen molar-refractivity contribution in [2.75, 3.05) is 82.6 Å². The van der Waals surface area contributed by atoms with Gasteiger partial charge in [0.25, 0.3) is 11.8 Å². The lowest BCUT2D eigenvalue weighted by Gasteiger charge is -2.42. The van der Waals surface area contributed by atoms with Crippen molar-refractivity contribution in [2.45, 2.75) is 18.9 Å². The van der Waals surface area contributed by atoms with Gasteiger partial charge in [-0.15, -0.1) is 11.3 Å². The summed E-state index contributed by atoms with van der Waals surface area (Å²) in [4.78, 5) is 46.6. The number of piperazine rings is 1. The highest BCUT2D eigenvalue weighted by Gasteiger charge is 2.31. The predicted molar refractivity (Wildman–Crippen MR) is 161 cm³/mol. The van der Waals surface area contributed by atoms with Gasteiger partial charge >= 0.3 is 0 Å². The number of amides is 2. The standard InChI is InChI=1S/C29H36N8O3S/c1-33-12-14-36(15-13-33)20-7-10-37(11-8-20)27(38)19-5-6-21(24(17-19)40-4)31-29-30-18-23-26(32-29)34(2)22-9-16-41-25(22)28(39)35(23)3/h5-6,9,16-18,20H,7-8,10-15H2,1-4H3,(H,30,31,32). The summed E-state index contributed by atoms with van der Waals surface area (Å²) >= 11 is 1.41. The zero-order valence-corrected chi connectivity index (χ0v) is 24.8. The van der Waals surface area contributed by atoms with E-state index in [0.717, 1.165) is 57.8 Å². The van der Waals surface area contributed by atoms with Crippen LogP contribution in [0.25, 0.3) is 0 Å². The van der Waals surface area contributed by atoms with Crippen molar-refractivity contribution >= 4 is 52.0 Å². The van der Waals surface area contributed by atoms with Crippen LogP contribution in [0.15, 0.2) is 35.8 Å². The maximum absolute atomic E-state index is 13.4. The molecule has 2 aromatic heterocycles. The highest BCUT2D eigenvalue weighted by Crippen LogP contribution is 2.40. The number of thiophene rings is 1. The molecule has 0 radical (unpaired) electrons. The Kier molecular flexibility index (Phi) is 7.54. The molecular weight excluding hydrogens is 540 g/mol. The molecule has 11 nitrogen and oxygen atoms in total. The van der Waals surface area contributed by atoms with Gasteiger partial charge in [0.2, 0.25) is 5.95 Å². The minimum atomic E-state index is -0.0876. The molecule has 3 aliphatic rings. The van der Waals surface area contributed by atoms with Gasteiger partial charge in [-0.05, 0) is 49.5 Å². The maximum Gasteiger partial charge on any atom is 0.270 e. The molecule has 3 aromatic rings. The lowest BCUT2D eigenvalue weighted by atomic mass is 10.0. The van der Waals surface area contributed by atoms with Crippen LogP contribution in [-0.2, 0) is 0 Å². The summed E-state index contributed by atoms with van der Waals surface area (Å²) in [5.41, 5.74) is 2.67. The molecule has 2 amide bonds. The molecule has 0 bridgehead atoms. The van der Waals surface area contributed by atoms with Gasteiger partial charge in [0.15, 0.2) is 5.82 Å². The van der Waals surface area contributed by atoms with Gasteiger partial charge in [-0.1, -0.05) is 0 Å². The number of ether oxygens (including phenoxy) is 1. The zero-order valence-electron chi connectivity index (χ0n) is 24.0. The number of anilines is 5. The van der Waals surface area contributed by atoms with Crippen molar-refractivity contribution in [3.63, 3.8) is 0 Å². The fourth-order valence-corrected chi connectivity index (χ4v) is 6.76. The third kappa shape index (κ3) is 5.22. The molecule has 6 rings (SSSR count). The van der Waals surface area contributed by atoms with Crippen LogP contribution in [-0.4, -0.2) is 110 Å². The Labute approximate surface area is 244 Å². The van der Waals surface area contributed by atoms with Crippen molar-refractivity contribution in [1.29, 1.82) is 0 Å². The molecule has 216 valence electrons. The SMILES string of the molecule is COc1cc(C(=O)N2CCC(N3CCN(C)CC3)CC2)ccc1Nc1ncc2c(n1)N(C)c1ccsc1C(=O)N2C. The van der Waals surface area contributed by atoms with E-state index in [9.17, 15) is 9.59 Å². The Morgan fingerprint density at radius 1 is 1.00 bits per heavy atom.